The van der Waals surface area contributed by atoms with Gasteiger partial charge in [-0.15, -0.1) is 0 Å². The summed E-state index contributed by atoms with van der Waals surface area (Å²) in [5.74, 6) is 0. The Bertz CT molecular complexity index is 711. The van der Waals surface area contributed by atoms with Crippen molar-refractivity contribution >= 4 is 34.4 Å². The lowest BCUT2D eigenvalue weighted by molar-refractivity contribution is -0.113. The average Bonchev–Trinajstić information content (AvgIpc) is 3.07. The SMILES string of the molecule is COCO[C@H]1C[C@H](n2cnc3c(Cl)nc(Cl)nc32)C[C@]1(C)CO. The number of ether oxygens (including phenoxy) is 2. The van der Waals surface area contributed by atoms with Crippen LogP contribution in [0.2, 0.25) is 10.4 Å². The fourth-order valence-electron chi connectivity index (χ4n) is 3.21. The van der Waals surface area contributed by atoms with Gasteiger partial charge in [-0.3, -0.25) is 0 Å². The molecule has 1 saturated carbocycles. The normalized spacial score (nSPS) is 27.9. The zero-order valence-corrected chi connectivity index (χ0v) is 14.4. The van der Waals surface area contributed by atoms with Crippen molar-refractivity contribution in [3.05, 3.63) is 16.8 Å². The first-order valence-corrected chi connectivity index (χ1v) is 8.01. The average molecular weight is 361 g/mol. The smallest absolute Gasteiger partial charge is 0.225 e. The minimum Gasteiger partial charge on any atom is -0.396 e. The molecule has 126 valence electrons. The summed E-state index contributed by atoms with van der Waals surface area (Å²) in [7, 11) is 1.58. The van der Waals surface area contributed by atoms with E-state index in [0.717, 1.165) is 6.42 Å². The van der Waals surface area contributed by atoms with Crippen molar-refractivity contribution in [2.45, 2.75) is 31.9 Å². The van der Waals surface area contributed by atoms with Crippen LogP contribution in [0.1, 0.15) is 25.8 Å². The van der Waals surface area contributed by atoms with Gasteiger partial charge in [-0.05, 0) is 24.4 Å². The number of hydrogen-bond donors (Lipinski definition) is 1. The Hall–Kier alpha value is -0.990. The van der Waals surface area contributed by atoms with Crippen LogP contribution in [0.3, 0.4) is 0 Å². The van der Waals surface area contributed by atoms with Crippen molar-refractivity contribution in [1.29, 1.82) is 0 Å². The number of nitrogens with zero attached hydrogens (tertiary/aromatic N) is 4. The number of methoxy groups -OCH3 is 1. The van der Waals surface area contributed by atoms with Crippen molar-refractivity contribution in [3.63, 3.8) is 0 Å². The summed E-state index contributed by atoms with van der Waals surface area (Å²) in [6.07, 6.45) is 3.00. The number of imidazole rings is 1. The third-order valence-corrected chi connectivity index (χ3v) is 4.89. The molecule has 0 unspecified atom stereocenters. The van der Waals surface area contributed by atoms with Gasteiger partial charge in [-0.25, -0.2) is 9.97 Å². The first kappa shape index (κ1) is 16.9. The van der Waals surface area contributed by atoms with Gasteiger partial charge in [0.2, 0.25) is 5.28 Å². The summed E-state index contributed by atoms with van der Waals surface area (Å²) >= 11 is 12.0. The van der Waals surface area contributed by atoms with Crippen LogP contribution in [0.25, 0.3) is 11.2 Å². The van der Waals surface area contributed by atoms with Gasteiger partial charge in [0, 0.05) is 18.6 Å². The molecule has 0 aromatic carbocycles. The lowest BCUT2D eigenvalue weighted by Crippen LogP contribution is -2.33. The highest BCUT2D eigenvalue weighted by Crippen LogP contribution is 2.46. The maximum absolute atomic E-state index is 9.80. The van der Waals surface area contributed by atoms with Gasteiger partial charge in [0.15, 0.2) is 10.8 Å². The summed E-state index contributed by atoms with van der Waals surface area (Å²) in [5.41, 5.74) is 0.746. The van der Waals surface area contributed by atoms with Gasteiger partial charge in [0.05, 0.1) is 19.0 Å². The molecule has 9 heteroatoms. The van der Waals surface area contributed by atoms with E-state index in [1.54, 1.807) is 13.4 Å². The van der Waals surface area contributed by atoms with Gasteiger partial charge in [0.1, 0.15) is 12.3 Å². The van der Waals surface area contributed by atoms with Crippen LogP contribution >= 0.6 is 23.2 Å². The Balaban J connectivity index is 1.94. The first-order valence-electron chi connectivity index (χ1n) is 7.25. The first-order chi connectivity index (χ1) is 11.0. The van der Waals surface area contributed by atoms with Crippen LogP contribution < -0.4 is 0 Å². The molecule has 0 amide bonds. The summed E-state index contributed by atoms with van der Waals surface area (Å²) in [6, 6.07) is 0.0704. The molecule has 0 spiro atoms. The lowest BCUT2D eigenvalue weighted by Gasteiger charge is -2.28. The van der Waals surface area contributed by atoms with E-state index in [9.17, 15) is 5.11 Å². The van der Waals surface area contributed by atoms with E-state index in [-0.39, 0.29) is 41.4 Å². The van der Waals surface area contributed by atoms with Crippen molar-refractivity contribution in [3.8, 4) is 0 Å². The lowest BCUT2D eigenvalue weighted by atomic mass is 9.87. The number of aliphatic hydroxyl groups is 1. The number of aromatic nitrogens is 4. The quantitative estimate of drug-likeness (QED) is 0.501. The molecule has 0 radical (unpaired) electrons. The molecule has 2 aromatic heterocycles. The molecule has 2 aromatic rings. The van der Waals surface area contributed by atoms with Crippen molar-refractivity contribution in [2.75, 3.05) is 20.5 Å². The van der Waals surface area contributed by atoms with E-state index < -0.39 is 0 Å². The van der Waals surface area contributed by atoms with E-state index in [4.69, 9.17) is 32.7 Å². The highest BCUT2D eigenvalue weighted by atomic mass is 35.5. The molecule has 0 bridgehead atoms. The van der Waals surface area contributed by atoms with Gasteiger partial charge >= 0.3 is 0 Å². The summed E-state index contributed by atoms with van der Waals surface area (Å²) in [5, 5.41) is 10.1. The Labute approximate surface area is 143 Å². The Morgan fingerprint density at radius 1 is 1.43 bits per heavy atom. The van der Waals surface area contributed by atoms with Crippen LogP contribution in [0.4, 0.5) is 0 Å². The molecular formula is C14H18Cl2N4O3. The Morgan fingerprint density at radius 3 is 2.91 bits per heavy atom. The molecule has 3 rings (SSSR count). The molecule has 1 fully saturated rings. The molecule has 0 saturated heterocycles. The third kappa shape index (κ3) is 3.04. The predicted octanol–water partition coefficient (Wildman–Crippen LogP) is 2.46. The highest BCUT2D eigenvalue weighted by molar-refractivity contribution is 6.35. The van der Waals surface area contributed by atoms with Gasteiger partial charge in [0.25, 0.3) is 0 Å². The molecular weight excluding hydrogens is 343 g/mol. The maximum atomic E-state index is 9.80. The number of rotatable bonds is 5. The molecule has 1 aliphatic carbocycles. The van der Waals surface area contributed by atoms with Crippen molar-refractivity contribution in [1.82, 2.24) is 19.5 Å². The summed E-state index contributed by atoms with van der Waals surface area (Å²) < 4.78 is 12.7. The van der Waals surface area contributed by atoms with Crippen LogP contribution in [0.5, 0.6) is 0 Å². The Kier molecular flexibility index (Phi) is 4.75. The fraction of sp³-hybridized carbons (Fsp3) is 0.643. The van der Waals surface area contributed by atoms with E-state index in [2.05, 4.69) is 15.0 Å². The van der Waals surface area contributed by atoms with Crippen molar-refractivity contribution in [2.24, 2.45) is 5.41 Å². The molecule has 23 heavy (non-hydrogen) atoms. The summed E-state index contributed by atoms with van der Waals surface area (Å²) in [6.45, 7) is 2.22. The molecule has 2 heterocycles. The van der Waals surface area contributed by atoms with Crippen LogP contribution in [0, 0.1) is 5.41 Å². The zero-order chi connectivity index (χ0) is 16.6. The minimum atomic E-state index is -0.361. The van der Waals surface area contributed by atoms with Gasteiger partial charge in [-0.2, -0.15) is 4.98 Å². The largest absolute Gasteiger partial charge is 0.396 e. The molecule has 1 aliphatic rings. The van der Waals surface area contributed by atoms with Crippen LogP contribution in [-0.4, -0.2) is 51.2 Å². The Morgan fingerprint density at radius 2 is 2.22 bits per heavy atom. The van der Waals surface area contributed by atoms with Crippen molar-refractivity contribution < 1.29 is 14.6 Å². The van der Waals surface area contributed by atoms with Gasteiger partial charge in [-0.1, -0.05) is 18.5 Å². The summed E-state index contributed by atoms with van der Waals surface area (Å²) in [4.78, 5) is 12.4. The maximum Gasteiger partial charge on any atom is 0.225 e. The zero-order valence-electron chi connectivity index (χ0n) is 12.9. The molecule has 7 nitrogen and oxygen atoms in total. The predicted molar refractivity (Wildman–Crippen MR) is 85.6 cm³/mol. The van der Waals surface area contributed by atoms with Crippen LogP contribution in [-0.2, 0) is 9.47 Å². The number of halogens is 2. The second kappa shape index (κ2) is 6.49. The van der Waals surface area contributed by atoms with E-state index in [0.29, 0.717) is 17.6 Å². The van der Waals surface area contributed by atoms with Gasteiger partial charge < -0.3 is 19.1 Å². The molecule has 0 aliphatic heterocycles. The van der Waals surface area contributed by atoms with Crippen LogP contribution in [0.15, 0.2) is 6.33 Å². The van der Waals surface area contributed by atoms with E-state index in [1.165, 1.54) is 0 Å². The standard InChI is InChI=1S/C14H18Cl2N4O3/c1-14(5-21)4-8(3-9(14)23-7-22-2)20-6-17-10-11(15)18-13(16)19-12(10)20/h6,8-9,21H,3-5,7H2,1-2H3/t8-,9-,14+/m0/s1. The molecule has 1 N–H and O–H groups in total. The van der Waals surface area contributed by atoms with E-state index in [1.807, 2.05) is 11.5 Å². The highest BCUT2D eigenvalue weighted by Gasteiger charge is 2.45. The number of aliphatic hydroxyl groups excluding tert-OH is 1. The van der Waals surface area contributed by atoms with E-state index >= 15 is 0 Å². The second-order valence-corrected chi connectivity index (χ2v) is 6.77. The topological polar surface area (TPSA) is 82.3 Å². The second-order valence-electron chi connectivity index (χ2n) is 6.08. The minimum absolute atomic E-state index is 0.0288. The number of hydrogen-bond acceptors (Lipinski definition) is 6. The number of fused-ring (bicyclic) bond motifs is 1. The molecule has 3 atom stereocenters. The third-order valence-electron chi connectivity index (χ3n) is 4.46. The fourth-order valence-corrected chi connectivity index (χ4v) is 3.63. The monoisotopic (exact) mass is 360 g/mol.